The molecular formula is C21H22ClFN4O2. The van der Waals surface area contributed by atoms with Crippen molar-refractivity contribution in [2.75, 3.05) is 11.4 Å². The lowest BCUT2D eigenvalue weighted by Crippen LogP contribution is -2.41. The van der Waals surface area contributed by atoms with E-state index in [1.807, 2.05) is 16.7 Å². The minimum Gasteiger partial charge on any atom is -0.481 e. The van der Waals surface area contributed by atoms with Crippen molar-refractivity contribution in [2.45, 2.75) is 45.1 Å². The fourth-order valence-electron chi connectivity index (χ4n) is 4.33. The van der Waals surface area contributed by atoms with E-state index in [0.29, 0.717) is 11.0 Å². The Morgan fingerprint density at radius 2 is 2.14 bits per heavy atom. The van der Waals surface area contributed by atoms with Crippen LogP contribution in [0.15, 0.2) is 30.7 Å². The summed E-state index contributed by atoms with van der Waals surface area (Å²) in [6.45, 7) is 2.85. The van der Waals surface area contributed by atoms with Crippen LogP contribution in [0.4, 0.5) is 10.3 Å². The molecule has 1 N–H and O–H groups in total. The summed E-state index contributed by atoms with van der Waals surface area (Å²) in [5.41, 5.74) is 3.94. The lowest BCUT2D eigenvalue weighted by atomic mass is 9.89. The Balaban J connectivity index is 1.75. The Hall–Kier alpha value is -2.67. The maximum absolute atomic E-state index is 13.3. The molecule has 1 atom stereocenters. The molecule has 4 rings (SSSR count). The topological polar surface area (TPSA) is 70.7 Å². The third-order valence-corrected chi connectivity index (χ3v) is 5.70. The standard InChI is InChI=1S/C21H22ClFN4O2/c1-2-7-26(21-24-10-14(23)11-25-21)15-4-5-16-17(9-20(28)29)18-6-3-13(22)12-27(18)19(16)8-15/h3,6,10-12,15H,2,4-5,7-9H2,1H3,(H,28,29). The van der Waals surface area contributed by atoms with Crippen molar-refractivity contribution in [2.24, 2.45) is 0 Å². The van der Waals surface area contributed by atoms with Crippen LogP contribution in [0.3, 0.4) is 0 Å². The van der Waals surface area contributed by atoms with Crippen LogP contribution in [0, 0.1) is 5.82 Å². The van der Waals surface area contributed by atoms with Gasteiger partial charge in [-0.05, 0) is 42.5 Å². The van der Waals surface area contributed by atoms with Crippen LogP contribution < -0.4 is 4.90 Å². The van der Waals surface area contributed by atoms with Crippen LogP contribution in [-0.2, 0) is 24.1 Å². The third kappa shape index (κ3) is 3.79. The number of aliphatic carboxylic acids is 1. The molecule has 0 bridgehead atoms. The highest BCUT2D eigenvalue weighted by molar-refractivity contribution is 6.30. The summed E-state index contributed by atoms with van der Waals surface area (Å²) in [6, 6.07) is 3.82. The molecule has 0 spiro atoms. The molecule has 0 amide bonds. The second-order valence-electron chi connectivity index (χ2n) is 7.37. The molecule has 152 valence electrons. The van der Waals surface area contributed by atoms with Gasteiger partial charge < -0.3 is 14.4 Å². The predicted octanol–water partition coefficient (Wildman–Crippen LogP) is 3.92. The fraction of sp³-hybridized carbons (Fsp3) is 0.381. The molecule has 0 aliphatic heterocycles. The van der Waals surface area contributed by atoms with E-state index in [-0.39, 0.29) is 12.5 Å². The molecule has 0 aromatic carbocycles. The van der Waals surface area contributed by atoms with E-state index < -0.39 is 11.8 Å². The highest BCUT2D eigenvalue weighted by Crippen LogP contribution is 2.34. The quantitative estimate of drug-likeness (QED) is 0.659. The summed E-state index contributed by atoms with van der Waals surface area (Å²) < 4.78 is 15.3. The molecule has 0 saturated carbocycles. The van der Waals surface area contributed by atoms with Gasteiger partial charge in [0.25, 0.3) is 0 Å². The van der Waals surface area contributed by atoms with Crippen molar-refractivity contribution in [3.8, 4) is 0 Å². The number of fused-ring (bicyclic) bond motifs is 3. The van der Waals surface area contributed by atoms with Crippen molar-refractivity contribution < 1.29 is 14.3 Å². The van der Waals surface area contributed by atoms with Gasteiger partial charge in [0.05, 0.1) is 23.8 Å². The summed E-state index contributed by atoms with van der Waals surface area (Å²) in [6.07, 6.45) is 7.47. The first-order valence-electron chi connectivity index (χ1n) is 9.74. The molecule has 6 nitrogen and oxygen atoms in total. The number of carboxylic acid groups (broad SMARTS) is 1. The van der Waals surface area contributed by atoms with Gasteiger partial charge in [-0.15, -0.1) is 0 Å². The number of aromatic nitrogens is 3. The summed E-state index contributed by atoms with van der Waals surface area (Å²) >= 11 is 6.23. The summed E-state index contributed by atoms with van der Waals surface area (Å²) in [4.78, 5) is 21.9. The van der Waals surface area contributed by atoms with Gasteiger partial charge in [-0.25, -0.2) is 14.4 Å². The first kappa shape index (κ1) is 19.6. The average molecular weight is 417 g/mol. The largest absolute Gasteiger partial charge is 0.481 e. The van der Waals surface area contributed by atoms with E-state index in [9.17, 15) is 14.3 Å². The first-order chi connectivity index (χ1) is 14.0. The number of carboxylic acids is 1. The van der Waals surface area contributed by atoms with Gasteiger partial charge in [-0.2, -0.15) is 0 Å². The van der Waals surface area contributed by atoms with E-state index in [1.54, 1.807) is 6.07 Å². The Morgan fingerprint density at radius 3 is 2.83 bits per heavy atom. The SMILES string of the molecule is CCCN(c1ncc(F)cn1)C1CCc2c(CC(=O)O)c3ccc(Cl)cn3c2C1. The van der Waals surface area contributed by atoms with Crippen molar-refractivity contribution >= 4 is 29.0 Å². The molecule has 0 fully saturated rings. The van der Waals surface area contributed by atoms with Gasteiger partial charge in [-0.3, -0.25) is 4.79 Å². The van der Waals surface area contributed by atoms with Crippen LogP contribution in [-0.4, -0.2) is 38.0 Å². The van der Waals surface area contributed by atoms with Gasteiger partial charge in [0.1, 0.15) is 0 Å². The van der Waals surface area contributed by atoms with Gasteiger partial charge in [0.15, 0.2) is 5.82 Å². The Labute approximate surface area is 173 Å². The number of hydrogen-bond acceptors (Lipinski definition) is 4. The minimum atomic E-state index is -0.843. The van der Waals surface area contributed by atoms with Gasteiger partial charge in [0, 0.05) is 36.4 Å². The molecule has 0 radical (unpaired) electrons. The molecule has 3 heterocycles. The van der Waals surface area contributed by atoms with Gasteiger partial charge in [-0.1, -0.05) is 18.5 Å². The van der Waals surface area contributed by atoms with Crippen molar-refractivity contribution in [1.82, 2.24) is 14.4 Å². The first-order valence-corrected chi connectivity index (χ1v) is 10.1. The molecule has 0 saturated heterocycles. The third-order valence-electron chi connectivity index (χ3n) is 5.48. The molecule has 1 unspecified atom stereocenters. The number of rotatable bonds is 6. The number of nitrogens with zero attached hydrogens (tertiary/aromatic N) is 4. The highest BCUT2D eigenvalue weighted by Gasteiger charge is 2.30. The molecule has 8 heteroatoms. The minimum absolute atomic E-state index is 0.00905. The van der Waals surface area contributed by atoms with Crippen molar-refractivity contribution in [3.63, 3.8) is 0 Å². The van der Waals surface area contributed by atoms with Gasteiger partial charge in [0.2, 0.25) is 5.95 Å². The Kier molecular flexibility index (Phi) is 5.41. The second kappa shape index (κ2) is 7.99. The van der Waals surface area contributed by atoms with Crippen LogP contribution in [0.5, 0.6) is 0 Å². The van der Waals surface area contributed by atoms with E-state index in [2.05, 4.69) is 21.8 Å². The van der Waals surface area contributed by atoms with Crippen LogP contribution >= 0.6 is 11.6 Å². The summed E-state index contributed by atoms with van der Waals surface area (Å²) in [7, 11) is 0. The zero-order chi connectivity index (χ0) is 20.5. The Bertz CT molecular complexity index is 1050. The average Bonchev–Trinajstić information content (AvgIpc) is 2.99. The number of carbonyl (C=O) groups is 1. The van der Waals surface area contributed by atoms with Crippen LogP contribution in [0.2, 0.25) is 5.02 Å². The molecule has 1 aliphatic rings. The number of pyridine rings is 1. The Morgan fingerprint density at radius 1 is 1.38 bits per heavy atom. The predicted molar refractivity (Wildman–Crippen MR) is 109 cm³/mol. The zero-order valence-corrected chi connectivity index (χ0v) is 16.9. The highest BCUT2D eigenvalue weighted by atomic mass is 35.5. The monoisotopic (exact) mass is 416 g/mol. The molecule has 3 aromatic heterocycles. The lowest BCUT2D eigenvalue weighted by Gasteiger charge is -2.34. The van der Waals surface area contributed by atoms with Crippen LogP contribution in [0.25, 0.3) is 5.52 Å². The molecular weight excluding hydrogens is 395 g/mol. The van der Waals surface area contributed by atoms with E-state index in [4.69, 9.17) is 11.6 Å². The molecule has 1 aliphatic carbocycles. The number of halogens is 2. The van der Waals surface area contributed by atoms with E-state index >= 15 is 0 Å². The summed E-state index contributed by atoms with van der Waals surface area (Å²) in [5.74, 6) is -0.780. The number of hydrogen-bond donors (Lipinski definition) is 1. The van der Waals surface area contributed by atoms with E-state index in [0.717, 1.165) is 54.6 Å². The molecule has 29 heavy (non-hydrogen) atoms. The maximum atomic E-state index is 13.3. The normalized spacial score (nSPS) is 16.0. The van der Waals surface area contributed by atoms with E-state index in [1.165, 1.54) is 12.4 Å². The smallest absolute Gasteiger partial charge is 0.307 e. The fourth-order valence-corrected chi connectivity index (χ4v) is 4.49. The van der Waals surface area contributed by atoms with Crippen LogP contribution in [0.1, 0.15) is 36.6 Å². The zero-order valence-electron chi connectivity index (χ0n) is 16.1. The number of anilines is 1. The van der Waals surface area contributed by atoms with Crippen molar-refractivity contribution in [1.29, 1.82) is 0 Å². The van der Waals surface area contributed by atoms with Gasteiger partial charge >= 0.3 is 5.97 Å². The van der Waals surface area contributed by atoms with Crippen molar-refractivity contribution in [3.05, 3.63) is 58.4 Å². The summed E-state index contributed by atoms with van der Waals surface area (Å²) in [5, 5.41) is 9.99. The molecule has 3 aromatic rings. The second-order valence-corrected chi connectivity index (χ2v) is 7.80. The lowest BCUT2D eigenvalue weighted by molar-refractivity contribution is -0.136. The maximum Gasteiger partial charge on any atom is 0.307 e.